The van der Waals surface area contributed by atoms with Crippen molar-refractivity contribution in [2.45, 2.75) is 317 Å². The molecule has 0 unspecified atom stereocenters. The normalized spacial score (nSPS) is 14.0. The van der Waals surface area contributed by atoms with E-state index in [0.29, 0.717) is 75.8 Å². The van der Waals surface area contributed by atoms with Gasteiger partial charge in [-0.15, -0.1) is 0 Å². The molecular weight excluding hydrogens is 749 g/mol. The van der Waals surface area contributed by atoms with Crippen LogP contribution in [0.5, 0.6) is 0 Å². The smallest absolute Gasteiger partial charge is 0.0594 e. The molecule has 0 spiro atoms. The maximum absolute atomic E-state index is 4.94. The van der Waals surface area contributed by atoms with Crippen LogP contribution in [0, 0.1) is 75.8 Å². The van der Waals surface area contributed by atoms with Gasteiger partial charge in [0.1, 0.15) is 0 Å². The van der Waals surface area contributed by atoms with Gasteiger partial charge in [0.05, 0.1) is 5.60 Å². The molecule has 0 saturated heterocycles. The molecule has 0 bridgehead atoms. The molecule has 0 saturated carbocycles. The van der Waals surface area contributed by atoms with Crippen LogP contribution in [-0.4, -0.2) is 12.7 Å². The third-order valence-electron chi connectivity index (χ3n) is 14.9. The van der Waals surface area contributed by atoms with Crippen molar-refractivity contribution < 1.29 is 4.74 Å². The van der Waals surface area contributed by atoms with Crippen molar-refractivity contribution in [3.63, 3.8) is 0 Å². The molecule has 0 aliphatic rings. The Balaban J connectivity index is -0.0000000910. The fourth-order valence-corrected chi connectivity index (χ4v) is 2.25. The maximum atomic E-state index is 4.94. The van der Waals surface area contributed by atoms with E-state index in [1.54, 1.807) is 7.11 Å². The number of methoxy groups -OCH3 is 1. The standard InChI is InChI=1S/2C11H24.3C8H18.C5H12O.2C5H12/c2*1-9(2,3)11(7,8)10(4,5)6;3*1-7(2,3)8(4,5)6;1-5(2,3)6-4;2*1-5(2,3)4/h2*1-8H3;3*1-6H3;1-4H3;2*1-4H3. The van der Waals surface area contributed by atoms with Crippen LogP contribution >= 0.6 is 0 Å². The van der Waals surface area contributed by atoms with Gasteiger partial charge < -0.3 is 4.74 Å². The summed E-state index contributed by atoms with van der Waals surface area (Å²) in [5, 5.41) is 0. The van der Waals surface area contributed by atoms with Crippen LogP contribution in [-0.2, 0) is 4.74 Å². The summed E-state index contributed by atoms with van der Waals surface area (Å²) in [5.74, 6) is 0. The predicted molar refractivity (Wildman–Crippen MR) is 299 cm³/mol. The lowest BCUT2D eigenvalue weighted by atomic mass is 9.56. The van der Waals surface area contributed by atoms with Gasteiger partial charge in [-0.3, -0.25) is 0 Å². The SMILES string of the molecule is CC(C)(C)C.CC(C)(C)C.CC(C)(C)C(C)(C)C.CC(C)(C)C(C)(C)C.CC(C)(C)C(C)(C)C.CC(C)(C)C(C)(C)C(C)(C)C.CC(C)(C)C(C)(C)C(C)(C)C.COC(C)(C)C. The van der Waals surface area contributed by atoms with E-state index in [1.165, 1.54) is 0 Å². The molecule has 0 aromatic rings. The molecule has 0 radical (unpaired) electrons. The van der Waals surface area contributed by atoms with Crippen LogP contribution in [0.4, 0.5) is 0 Å². The van der Waals surface area contributed by atoms with Gasteiger partial charge in [-0.1, -0.05) is 291 Å². The third kappa shape index (κ3) is 47.9. The average molecular weight is 888 g/mol. The summed E-state index contributed by atoms with van der Waals surface area (Å²) in [6.45, 7) is 102. The molecule has 0 fully saturated rings. The molecule has 0 aromatic carbocycles. The van der Waals surface area contributed by atoms with E-state index in [2.05, 4.69) is 291 Å². The van der Waals surface area contributed by atoms with Gasteiger partial charge in [0, 0.05) is 7.11 Å². The molecule has 0 heterocycles. The molecule has 0 atom stereocenters. The zero-order valence-corrected chi connectivity index (χ0v) is 53.9. The Kier molecular flexibility index (Phi) is 33.8. The molecule has 62 heavy (non-hydrogen) atoms. The van der Waals surface area contributed by atoms with E-state index < -0.39 is 0 Å². The van der Waals surface area contributed by atoms with Gasteiger partial charge in [-0.25, -0.2) is 0 Å². The minimum absolute atomic E-state index is 0.0417. The van der Waals surface area contributed by atoms with Crippen LogP contribution in [0.15, 0.2) is 0 Å². The lowest BCUT2D eigenvalue weighted by Crippen LogP contribution is -2.41. The molecule has 0 aromatic heterocycles. The Morgan fingerprint density at radius 2 is 0.226 bits per heavy atom. The van der Waals surface area contributed by atoms with Gasteiger partial charge in [-0.05, 0) is 96.6 Å². The second-order valence-corrected chi connectivity index (χ2v) is 34.1. The van der Waals surface area contributed by atoms with E-state index in [0.717, 1.165) is 0 Å². The molecule has 0 N–H and O–H groups in total. The van der Waals surface area contributed by atoms with Crippen LogP contribution in [0.25, 0.3) is 0 Å². The first kappa shape index (κ1) is 79.1. The van der Waals surface area contributed by atoms with Gasteiger partial charge in [0.25, 0.3) is 0 Å². The lowest BCUT2D eigenvalue weighted by molar-refractivity contribution is 0.00566. The first-order chi connectivity index (χ1) is 25.3. The average Bonchev–Trinajstić information content (AvgIpc) is 2.82. The van der Waals surface area contributed by atoms with Gasteiger partial charge in [-0.2, -0.15) is 0 Å². The third-order valence-corrected chi connectivity index (χ3v) is 14.9. The van der Waals surface area contributed by atoms with Crippen molar-refractivity contribution >= 4 is 0 Å². The van der Waals surface area contributed by atoms with E-state index in [-0.39, 0.29) is 5.60 Å². The van der Waals surface area contributed by atoms with E-state index in [4.69, 9.17) is 4.74 Å². The van der Waals surface area contributed by atoms with Crippen LogP contribution in [0.2, 0.25) is 0 Å². The minimum atomic E-state index is 0.0417. The highest BCUT2D eigenvalue weighted by atomic mass is 16.5. The number of hydrogen-bond acceptors (Lipinski definition) is 1. The van der Waals surface area contributed by atoms with E-state index in [9.17, 15) is 0 Å². The predicted octanol–water partition coefficient (Wildman–Crippen LogP) is 23.0. The quantitative estimate of drug-likeness (QED) is 0.235. The summed E-state index contributed by atoms with van der Waals surface area (Å²) in [5.41, 5.74) is 5.94. The molecular formula is C61H138O. The Hall–Kier alpha value is -0.0400. The Labute approximate surface area is 403 Å². The van der Waals surface area contributed by atoms with Gasteiger partial charge >= 0.3 is 0 Å². The second-order valence-electron chi connectivity index (χ2n) is 34.1. The van der Waals surface area contributed by atoms with Crippen molar-refractivity contribution in [3.8, 4) is 0 Å². The molecule has 1 heteroatoms. The molecule has 388 valence electrons. The highest BCUT2D eigenvalue weighted by molar-refractivity contribution is 4.92. The number of hydrogen-bond donors (Lipinski definition) is 0. The molecule has 0 amide bonds. The summed E-state index contributed by atoms with van der Waals surface area (Å²) in [4.78, 5) is 0. The summed E-state index contributed by atoms with van der Waals surface area (Å²) in [7, 11) is 1.71. The maximum Gasteiger partial charge on any atom is 0.0594 e. The van der Waals surface area contributed by atoms with E-state index in [1.807, 2.05) is 20.8 Å². The van der Waals surface area contributed by atoms with Crippen molar-refractivity contribution in [3.05, 3.63) is 0 Å². The summed E-state index contributed by atoms with van der Waals surface area (Å²) in [6.07, 6.45) is 0. The monoisotopic (exact) mass is 887 g/mol. The topological polar surface area (TPSA) is 9.23 Å². The van der Waals surface area contributed by atoms with Crippen LogP contribution < -0.4 is 0 Å². The first-order valence-electron chi connectivity index (χ1n) is 24.9. The zero-order valence-electron chi connectivity index (χ0n) is 53.9. The molecule has 0 aliphatic heterocycles. The fourth-order valence-electron chi connectivity index (χ4n) is 2.25. The molecule has 0 rings (SSSR count). The van der Waals surface area contributed by atoms with Crippen molar-refractivity contribution in [2.24, 2.45) is 75.8 Å². The second kappa shape index (κ2) is 26.5. The van der Waals surface area contributed by atoms with Gasteiger partial charge in [0.2, 0.25) is 0 Å². The van der Waals surface area contributed by atoms with Crippen LogP contribution in [0.1, 0.15) is 312 Å². The Morgan fingerprint density at radius 3 is 0.226 bits per heavy atom. The highest BCUT2D eigenvalue weighted by Crippen LogP contribution is 2.51. The Morgan fingerprint density at radius 1 is 0.161 bits per heavy atom. The summed E-state index contributed by atoms with van der Waals surface area (Å²) in [6, 6.07) is 0. The first-order valence-corrected chi connectivity index (χ1v) is 24.9. The minimum Gasteiger partial charge on any atom is -0.379 e. The lowest BCUT2D eigenvalue weighted by Gasteiger charge is -2.49. The van der Waals surface area contributed by atoms with Crippen molar-refractivity contribution in [1.82, 2.24) is 0 Å². The van der Waals surface area contributed by atoms with Crippen molar-refractivity contribution in [2.75, 3.05) is 7.11 Å². The summed E-state index contributed by atoms with van der Waals surface area (Å²) >= 11 is 0. The van der Waals surface area contributed by atoms with Crippen molar-refractivity contribution in [1.29, 1.82) is 0 Å². The highest BCUT2D eigenvalue weighted by Gasteiger charge is 2.43. The largest absolute Gasteiger partial charge is 0.379 e. The fraction of sp³-hybridized carbons (Fsp3) is 1.00. The zero-order chi connectivity index (χ0) is 54.2. The Bertz CT molecular complexity index is 875. The van der Waals surface area contributed by atoms with Crippen LogP contribution in [0.3, 0.4) is 0 Å². The van der Waals surface area contributed by atoms with E-state index >= 15 is 0 Å². The molecule has 1 nitrogen and oxygen atoms in total. The molecule has 0 aliphatic carbocycles. The number of ether oxygens (including phenoxy) is 1. The summed E-state index contributed by atoms with van der Waals surface area (Å²) < 4.78 is 4.94. The number of rotatable bonds is 0. The van der Waals surface area contributed by atoms with Gasteiger partial charge in [0.15, 0.2) is 0 Å².